The monoisotopic (exact) mass is 274 g/mol. The molecule has 0 saturated heterocycles. The first kappa shape index (κ1) is 13.4. The van der Waals surface area contributed by atoms with E-state index in [1.807, 2.05) is 25.1 Å². The van der Waals surface area contributed by atoms with Crippen molar-refractivity contribution >= 4 is 17.3 Å². The summed E-state index contributed by atoms with van der Waals surface area (Å²) < 4.78 is 13.3. The van der Waals surface area contributed by atoms with Gasteiger partial charge in [0.05, 0.1) is 22.3 Å². The number of hydrogen-bond acceptors (Lipinski definition) is 2. The van der Waals surface area contributed by atoms with Gasteiger partial charge in [-0.2, -0.15) is 5.26 Å². The second-order valence-electron chi connectivity index (χ2n) is 4.25. The molecule has 0 aromatic heterocycles. The lowest BCUT2D eigenvalue weighted by Crippen LogP contribution is -2.02. The largest absolute Gasteiger partial charge is 0.380 e. The summed E-state index contributed by atoms with van der Waals surface area (Å²) in [5.74, 6) is -0.410. The van der Waals surface area contributed by atoms with Crippen molar-refractivity contribution in [2.24, 2.45) is 0 Å². The summed E-state index contributed by atoms with van der Waals surface area (Å²) in [5, 5.41) is 12.6. The van der Waals surface area contributed by atoms with E-state index in [2.05, 4.69) is 5.32 Å². The predicted octanol–water partition coefficient (Wildman–Crippen LogP) is 4.27. The first-order valence-corrected chi connectivity index (χ1v) is 6.16. The van der Waals surface area contributed by atoms with Crippen molar-refractivity contribution in [2.75, 3.05) is 5.32 Å². The molecule has 0 unspecified atom stereocenters. The Morgan fingerprint density at radius 3 is 2.79 bits per heavy atom. The molecular formula is C15H12ClFN2. The van der Waals surface area contributed by atoms with Gasteiger partial charge in [-0.15, -0.1) is 0 Å². The van der Waals surface area contributed by atoms with Crippen LogP contribution >= 0.6 is 11.6 Å². The van der Waals surface area contributed by atoms with Crippen LogP contribution in [0.25, 0.3) is 0 Å². The average Bonchev–Trinajstić information content (AvgIpc) is 2.37. The van der Waals surface area contributed by atoms with Crippen LogP contribution in [-0.2, 0) is 6.54 Å². The number of rotatable bonds is 3. The highest BCUT2D eigenvalue weighted by molar-refractivity contribution is 6.33. The van der Waals surface area contributed by atoms with E-state index in [9.17, 15) is 4.39 Å². The standard InChI is InChI=1S/C15H12ClFN2/c1-10-3-2-4-14(16)15(10)19-9-12-5-11(8-18)6-13(17)7-12/h2-7,19H,9H2,1H3. The molecule has 0 amide bonds. The Kier molecular flexibility index (Phi) is 4.03. The molecule has 2 rings (SSSR count). The Morgan fingerprint density at radius 1 is 1.32 bits per heavy atom. The molecule has 0 aliphatic heterocycles. The average molecular weight is 275 g/mol. The number of nitriles is 1. The van der Waals surface area contributed by atoms with E-state index >= 15 is 0 Å². The number of benzene rings is 2. The fourth-order valence-electron chi connectivity index (χ4n) is 1.86. The molecule has 0 aliphatic rings. The molecule has 0 saturated carbocycles. The minimum absolute atomic E-state index is 0.313. The highest BCUT2D eigenvalue weighted by Crippen LogP contribution is 2.25. The highest BCUT2D eigenvalue weighted by atomic mass is 35.5. The van der Waals surface area contributed by atoms with Gasteiger partial charge in [0.2, 0.25) is 0 Å². The van der Waals surface area contributed by atoms with Gasteiger partial charge in [-0.25, -0.2) is 4.39 Å². The summed E-state index contributed by atoms with van der Waals surface area (Å²) in [6.45, 7) is 2.36. The lowest BCUT2D eigenvalue weighted by atomic mass is 10.1. The summed E-state index contributed by atoms with van der Waals surface area (Å²) in [6.07, 6.45) is 0. The summed E-state index contributed by atoms with van der Waals surface area (Å²) in [5.41, 5.74) is 2.86. The van der Waals surface area contributed by atoms with Crippen LogP contribution < -0.4 is 5.32 Å². The molecule has 0 atom stereocenters. The van der Waals surface area contributed by atoms with Crippen LogP contribution in [0.5, 0.6) is 0 Å². The quantitative estimate of drug-likeness (QED) is 0.907. The van der Waals surface area contributed by atoms with Crippen molar-refractivity contribution in [3.05, 3.63) is 63.9 Å². The van der Waals surface area contributed by atoms with Gasteiger partial charge < -0.3 is 5.32 Å². The number of para-hydroxylation sites is 1. The summed E-state index contributed by atoms with van der Waals surface area (Å²) in [7, 11) is 0. The first-order valence-electron chi connectivity index (χ1n) is 5.78. The van der Waals surface area contributed by atoms with Crippen LogP contribution in [0.4, 0.5) is 10.1 Å². The molecule has 2 nitrogen and oxygen atoms in total. The predicted molar refractivity (Wildman–Crippen MR) is 74.6 cm³/mol. The van der Waals surface area contributed by atoms with Gasteiger partial charge in [-0.3, -0.25) is 0 Å². The van der Waals surface area contributed by atoms with Crippen LogP contribution in [0.3, 0.4) is 0 Å². The normalized spacial score (nSPS) is 10.0. The maximum absolute atomic E-state index is 13.3. The molecule has 0 fully saturated rings. The third-order valence-electron chi connectivity index (χ3n) is 2.78. The Labute approximate surface area is 116 Å². The Balaban J connectivity index is 2.19. The Morgan fingerprint density at radius 2 is 2.11 bits per heavy atom. The summed E-state index contributed by atoms with van der Waals surface area (Å²) in [6, 6.07) is 11.8. The zero-order chi connectivity index (χ0) is 13.8. The first-order chi connectivity index (χ1) is 9.10. The van der Waals surface area contributed by atoms with Crippen molar-refractivity contribution in [3.8, 4) is 6.07 Å². The van der Waals surface area contributed by atoms with Crippen molar-refractivity contribution in [3.63, 3.8) is 0 Å². The van der Waals surface area contributed by atoms with Gasteiger partial charge >= 0.3 is 0 Å². The Bertz CT molecular complexity index is 627. The molecule has 4 heteroatoms. The maximum Gasteiger partial charge on any atom is 0.124 e. The maximum atomic E-state index is 13.3. The van der Waals surface area contributed by atoms with Crippen molar-refractivity contribution in [1.29, 1.82) is 5.26 Å². The Hall–Kier alpha value is -2.05. The van der Waals surface area contributed by atoms with Gasteiger partial charge in [0.25, 0.3) is 0 Å². The number of anilines is 1. The van der Waals surface area contributed by atoms with Crippen molar-refractivity contribution < 1.29 is 4.39 Å². The molecule has 2 aromatic carbocycles. The minimum Gasteiger partial charge on any atom is -0.380 e. The lowest BCUT2D eigenvalue weighted by Gasteiger charge is -2.11. The van der Waals surface area contributed by atoms with E-state index in [0.717, 1.165) is 11.3 Å². The second-order valence-corrected chi connectivity index (χ2v) is 4.65. The highest BCUT2D eigenvalue weighted by Gasteiger charge is 2.05. The van der Waals surface area contributed by atoms with E-state index in [1.165, 1.54) is 12.1 Å². The van der Waals surface area contributed by atoms with E-state index < -0.39 is 5.82 Å². The van der Waals surface area contributed by atoms with E-state index in [4.69, 9.17) is 16.9 Å². The van der Waals surface area contributed by atoms with Gasteiger partial charge in [0.15, 0.2) is 0 Å². The number of halogens is 2. The lowest BCUT2D eigenvalue weighted by molar-refractivity contribution is 0.625. The van der Waals surface area contributed by atoms with E-state index in [0.29, 0.717) is 22.7 Å². The van der Waals surface area contributed by atoms with Crippen LogP contribution in [0.15, 0.2) is 36.4 Å². The number of nitrogens with one attached hydrogen (secondary N) is 1. The fourth-order valence-corrected chi connectivity index (χ4v) is 2.15. The smallest absolute Gasteiger partial charge is 0.124 e. The second kappa shape index (κ2) is 5.73. The van der Waals surface area contributed by atoms with Gasteiger partial charge in [-0.1, -0.05) is 23.7 Å². The van der Waals surface area contributed by atoms with Crippen LogP contribution in [0.1, 0.15) is 16.7 Å². The number of hydrogen-bond donors (Lipinski definition) is 1. The molecule has 0 radical (unpaired) electrons. The summed E-state index contributed by atoms with van der Waals surface area (Å²) >= 11 is 6.10. The molecule has 96 valence electrons. The van der Waals surface area contributed by atoms with Crippen molar-refractivity contribution in [1.82, 2.24) is 0 Å². The molecular weight excluding hydrogens is 263 g/mol. The van der Waals surface area contributed by atoms with Crippen LogP contribution in [-0.4, -0.2) is 0 Å². The fraction of sp³-hybridized carbons (Fsp3) is 0.133. The van der Waals surface area contributed by atoms with Gasteiger partial charge in [0, 0.05) is 6.54 Å². The van der Waals surface area contributed by atoms with E-state index in [-0.39, 0.29) is 0 Å². The molecule has 0 heterocycles. The number of aryl methyl sites for hydroxylation is 1. The number of nitrogens with zero attached hydrogens (tertiary/aromatic N) is 1. The minimum atomic E-state index is -0.410. The zero-order valence-electron chi connectivity index (χ0n) is 10.4. The molecule has 0 aliphatic carbocycles. The molecule has 0 spiro atoms. The van der Waals surface area contributed by atoms with Crippen LogP contribution in [0, 0.1) is 24.1 Å². The van der Waals surface area contributed by atoms with Crippen molar-refractivity contribution in [2.45, 2.75) is 13.5 Å². The molecule has 1 N–H and O–H groups in total. The van der Waals surface area contributed by atoms with Crippen LogP contribution in [0.2, 0.25) is 5.02 Å². The third-order valence-corrected chi connectivity index (χ3v) is 3.09. The topological polar surface area (TPSA) is 35.8 Å². The van der Waals surface area contributed by atoms with E-state index in [1.54, 1.807) is 12.1 Å². The molecule has 19 heavy (non-hydrogen) atoms. The molecule has 2 aromatic rings. The SMILES string of the molecule is Cc1cccc(Cl)c1NCc1cc(F)cc(C#N)c1. The zero-order valence-corrected chi connectivity index (χ0v) is 11.1. The third kappa shape index (κ3) is 3.24. The van der Waals surface area contributed by atoms with Gasteiger partial charge in [-0.05, 0) is 42.3 Å². The summed E-state index contributed by atoms with van der Waals surface area (Å²) in [4.78, 5) is 0. The molecule has 0 bridgehead atoms. The van der Waals surface area contributed by atoms with Gasteiger partial charge in [0.1, 0.15) is 5.82 Å².